The molecule has 1 saturated heterocycles. The van der Waals surface area contributed by atoms with Gasteiger partial charge in [-0.2, -0.15) is 9.97 Å². The molecule has 2 aromatic heterocycles. The first-order chi connectivity index (χ1) is 16.5. The van der Waals surface area contributed by atoms with Gasteiger partial charge in [-0.3, -0.25) is 4.57 Å². The van der Waals surface area contributed by atoms with Crippen LogP contribution in [0.1, 0.15) is 47.8 Å². The fourth-order valence-electron chi connectivity index (χ4n) is 3.67. The van der Waals surface area contributed by atoms with Crippen LogP contribution < -0.4 is 9.47 Å². The van der Waals surface area contributed by atoms with Crippen molar-refractivity contribution in [2.24, 2.45) is 0 Å². The SMILES string of the molecule is COc1nc(OC)c2ncn([C@@H]3O[C@H](CO)[C@@H](O[Si](C)(C)C(C)(C)C)[C@H]3O[Si](C)(C)C(C)(C)C)c2n1. The van der Waals surface area contributed by atoms with Crippen LogP contribution in [-0.2, 0) is 13.6 Å². The fraction of sp³-hybridized carbons (Fsp3) is 0.792. The summed E-state index contributed by atoms with van der Waals surface area (Å²) in [4.78, 5) is 13.3. The van der Waals surface area contributed by atoms with Gasteiger partial charge < -0.3 is 28.2 Å². The quantitative estimate of drug-likeness (QED) is 0.483. The predicted molar refractivity (Wildman–Crippen MR) is 144 cm³/mol. The van der Waals surface area contributed by atoms with Crippen molar-refractivity contribution < 1.29 is 28.2 Å². The third-order valence-electron chi connectivity index (χ3n) is 7.96. The van der Waals surface area contributed by atoms with Gasteiger partial charge in [0.2, 0.25) is 5.88 Å². The molecule has 1 N–H and O–H groups in total. The lowest BCUT2D eigenvalue weighted by atomic mass is 10.1. The molecule has 3 rings (SSSR count). The van der Waals surface area contributed by atoms with E-state index < -0.39 is 41.2 Å². The number of aromatic nitrogens is 4. The summed E-state index contributed by atoms with van der Waals surface area (Å²) < 4.78 is 32.9. The highest BCUT2D eigenvalue weighted by Crippen LogP contribution is 2.46. The molecule has 0 amide bonds. The lowest BCUT2D eigenvalue weighted by molar-refractivity contribution is -0.0491. The molecule has 0 aliphatic carbocycles. The van der Waals surface area contributed by atoms with E-state index in [9.17, 15) is 5.11 Å². The van der Waals surface area contributed by atoms with E-state index in [1.54, 1.807) is 6.33 Å². The normalized spacial score (nSPS) is 23.9. The molecule has 0 bridgehead atoms. The standard InChI is InChI=1S/C24H44N4O6Si2/c1-23(2,3)35(9,10)33-17-15(13-29)32-21(18(17)34-36(11,12)24(4,5)6)28-14-25-16-19(28)26-22(31-8)27-20(16)30-7/h14-15,17-18,21,29H,13H2,1-12H3/t15-,17-,18-,21-/m1/s1. The van der Waals surface area contributed by atoms with E-state index in [0.29, 0.717) is 17.0 Å². The van der Waals surface area contributed by atoms with Crippen molar-refractivity contribution in [3.8, 4) is 11.9 Å². The monoisotopic (exact) mass is 540 g/mol. The summed E-state index contributed by atoms with van der Waals surface area (Å²) in [6.45, 7) is 21.8. The van der Waals surface area contributed by atoms with E-state index in [-0.39, 0.29) is 22.7 Å². The molecule has 204 valence electrons. The van der Waals surface area contributed by atoms with Gasteiger partial charge in [0.15, 0.2) is 34.0 Å². The molecule has 12 heteroatoms. The molecule has 2 aromatic rings. The van der Waals surface area contributed by atoms with Crippen molar-refractivity contribution in [1.29, 1.82) is 0 Å². The number of hydrogen-bond donors (Lipinski definition) is 1. The first-order valence-electron chi connectivity index (χ1n) is 12.4. The van der Waals surface area contributed by atoms with Crippen molar-refractivity contribution in [3.63, 3.8) is 0 Å². The summed E-state index contributed by atoms with van der Waals surface area (Å²) >= 11 is 0. The Balaban J connectivity index is 2.16. The topological polar surface area (TPSA) is 110 Å². The van der Waals surface area contributed by atoms with Gasteiger partial charge in [-0.1, -0.05) is 41.5 Å². The number of methoxy groups -OCH3 is 2. The lowest BCUT2D eigenvalue weighted by Crippen LogP contribution is -2.53. The fourth-order valence-corrected chi connectivity index (χ4v) is 6.28. The minimum Gasteiger partial charge on any atom is -0.479 e. The van der Waals surface area contributed by atoms with Crippen molar-refractivity contribution in [1.82, 2.24) is 19.5 Å². The van der Waals surface area contributed by atoms with E-state index in [0.717, 1.165) is 0 Å². The molecule has 0 aromatic carbocycles. The second-order valence-electron chi connectivity index (χ2n) is 12.5. The Labute approximate surface area is 216 Å². The summed E-state index contributed by atoms with van der Waals surface area (Å²) in [7, 11) is -1.48. The zero-order valence-corrected chi connectivity index (χ0v) is 25.9. The summed E-state index contributed by atoms with van der Waals surface area (Å²) in [5.41, 5.74) is 0.986. The summed E-state index contributed by atoms with van der Waals surface area (Å²) in [5, 5.41) is 10.3. The maximum atomic E-state index is 10.4. The molecule has 0 saturated carbocycles. The molecule has 0 radical (unpaired) electrons. The Bertz CT molecular complexity index is 1060. The highest BCUT2D eigenvalue weighted by Gasteiger charge is 2.54. The molecular weight excluding hydrogens is 496 g/mol. The summed E-state index contributed by atoms with van der Waals surface area (Å²) in [6, 6.07) is 0.161. The number of hydrogen-bond acceptors (Lipinski definition) is 9. The van der Waals surface area contributed by atoms with Gasteiger partial charge in [-0.15, -0.1) is 0 Å². The minimum atomic E-state index is -2.27. The molecule has 3 heterocycles. The molecule has 10 nitrogen and oxygen atoms in total. The van der Waals surface area contributed by atoms with Crippen molar-refractivity contribution in [2.75, 3.05) is 20.8 Å². The second-order valence-corrected chi connectivity index (χ2v) is 22.0. The third-order valence-corrected chi connectivity index (χ3v) is 16.9. The number of fused-ring (bicyclic) bond motifs is 1. The Morgan fingerprint density at radius 1 is 0.917 bits per heavy atom. The van der Waals surface area contributed by atoms with Crippen LogP contribution in [0.25, 0.3) is 11.2 Å². The predicted octanol–water partition coefficient (Wildman–Crippen LogP) is 4.51. The van der Waals surface area contributed by atoms with Crippen LogP contribution in [0.4, 0.5) is 0 Å². The van der Waals surface area contributed by atoms with E-state index in [1.165, 1.54) is 14.2 Å². The molecule has 1 fully saturated rings. The van der Waals surface area contributed by atoms with Crippen LogP contribution in [0, 0.1) is 0 Å². The largest absolute Gasteiger partial charge is 0.479 e. The van der Waals surface area contributed by atoms with Crippen LogP contribution in [0.15, 0.2) is 6.33 Å². The van der Waals surface area contributed by atoms with Gasteiger partial charge in [0.05, 0.1) is 27.2 Å². The first-order valence-corrected chi connectivity index (χ1v) is 18.2. The Kier molecular flexibility index (Phi) is 8.01. The van der Waals surface area contributed by atoms with Crippen LogP contribution in [0.3, 0.4) is 0 Å². The molecule has 4 atom stereocenters. The smallest absolute Gasteiger partial charge is 0.321 e. The van der Waals surface area contributed by atoms with Crippen molar-refractivity contribution >= 4 is 27.8 Å². The number of aliphatic hydroxyl groups is 1. The van der Waals surface area contributed by atoms with Crippen LogP contribution in [0.5, 0.6) is 11.9 Å². The van der Waals surface area contributed by atoms with Crippen molar-refractivity contribution in [2.45, 2.75) is 102 Å². The van der Waals surface area contributed by atoms with Crippen LogP contribution in [0.2, 0.25) is 36.3 Å². The van der Waals surface area contributed by atoms with Gasteiger partial charge in [0, 0.05) is 0 Å². The summed E-state index contributed by atoms with van der Waals surface area (Å²) in [6.07, 6.45) is -0.487. The highest BCUT2D eigenvalue weighted by molar-refractivity contribution is 6.74. The minimum absolute atomic E-state index is 0.0255. The zero-order chi connectivity index (χ0) is 27.3. The Morgan fingerprint density at radius 3 is 1.94 bits per heavy atom. The van der Waals surface area contributed by atoms with Gasteiger partial charge in [-0.05, 0) is 36.3 Å². The molecule has 1 aliphatic heterocycles. The van der Waals surface area contributed by atoms with Crippen LogP contribution in [-0.4, -0.2) is 80.4 Å². The number of nitrogens with zero attached hydrogens (tertiary/aromatic N) is 4. The number of imidazole rings is 1. The van der Waals surface area contributed by atoms with E-state index >= 15 is 0 Å². The zero-order valence-electron chi connectivity index (χ0n) is 23.9. The maximum absolute atomic E-state index is 10.4. The number of ether oxygens (including phenoxy) is 3. The van der Waals surface area contributed by atoms with Crippen LogP contribution >= 0.6 is 0 Å². The molecule has 0 unspecified atom stereocenters. The molecule has 36 heavy (non-hydrogen) atoms. The van der Waals surface area contributed by atoms with Gasteiger partial charge >= 0.3 is 6.01 Å². The number of aliphatic hydroxyl groups excluding tert-OH is 1. The number of rotatable bonds is 8. The van der Waals surface area contributed by atoms with E-state index in [1.807, 2.05) is 4.57 Å². The first kappa shape index (κ1) is 29.0. The van der Waals surface area contributed by atoms with Gasteiger partial charge in [0.1, 0.15) is 18.3 Å². The second kappa shape index (κ2) is 9.95. The van der Waals surface area contributed by atoms with Crippen molar-refractivity contribution in [3.05, 3.63) is 6.33 Å². The molecular formula is C24H44N4O6Si2. The Hall–Kier alpha value is -1.58. The molecule has 1 aliphatic rings. The van der Waals surface area contributed by atoms with E-state index in [4.69, 9.17) is 23.1 Å². The average Bonchev–Trinajstić information content (AvgIpc) is 3.32. The third kappa shape index (κ3) is 5.34. The lowest BCUT2D eigenvalue weighted by Gasteiger charge is -2.44. The highest BCUT2D eigenvalue weighted by atomic mass is 28.4. The van der Waals surface area contributed by atoms with Gasteiger partial charge in [0.25, 0.3) is 0 Å². The van der Waals surface area contributed by atoms with Gasteiger partial charge in [-0.25, -0.2) is 4.98 Å². The molecule has 0 spiro atoms. The van der Waals surface area contributed by atoms with E-state index in [2.05, 4.69) is 82.7 Å². The Morgan fingerprint density at radius 2 is 1.47 bits per heavy atom. The maximum Gasteiger partial charge on any atom is 0.321 e. The summed E-state index contributed by atoms with van der Waals surface area (Å²) in [5.74, 6) is 0.309. The average molecular weight is 541 g/mol.